The number of hydrogen-bond donors (Lipinski definition) is 0. The summed E-state index contributed by atoms with van der Waals surface area (Å²) in [7, 11) is 3.23. The predicted octanol–water partition coefficient (Wildman–Crippen LogP) is 6.66. The van der Waals surface area contributed by atoms with Crippen molar-refractivity contribution in [1.82, 2.24) is 0 Å². The van der Waals surface area contributed by atoms with E-state index in [4.69, 9.17) is 23.7 Å². The third-order valence-electron chi connectivity index (χ3n) is 6.79. The molecule has 6 heteroatoms. The first-order valence-electron chi connectivity index (χ1n) is 13.2. The first-order chi connectivity index (χ1) is 19.6. The Kier molecular flexibility index (Phi) is 8.66. The summed E-state index contributed by atoms with van der Waals surface area (Å²) in [5.41, 5.74) is 4.63. The first kappa shape index (κ1) is 26.9. The average molecular weight is 537 g/mol. The summed E-state index contributed by atoms with van der Waals surface area (Å²) in [4.78, 5) is 12.7. The lowest BCUT2D eigenvalue weighted by molar-refractivity contribution is -0.135. The fraction of sp³-hybridized carbons (Fsp3) is 0.206. The van der Waals surface area contributed by atoms with Gasteiger partial charge in [0, 0.05) is 11.5 Å². The molecular formula is C34H32O6. The van der Waals surface area contributed by atoms with Crippen LogP contribution in [-0.4, -0.2) is 26.8 Å². The predicted molar refractivity (Wildman–Crippen MR) is 154 cm³/mol. The van der Waals surface area contributed by atoms with Gasteiger partial charge in [0.2, 0.25) is 0 Å². The normalized spacial score (nSPS) is 15.5. The molecule has 1 aliphatic rings. The van der Waals surface area contributed by atoms with E-state index in [2.05, 4.69) is 0 Å². The van der Waals surface area contributed by atoms with E-state index in [1.807, 2.05) is 103 Å². The minimum atomic E-state index is -0.303. The van der Waals surface area contributed by atoms with Crippen LogP contribution in [0.5, 0.6) is 23.0 Å². The fourth-order valence-electron chi connectivity index (χ4n) is 4.65. The minimum Gasteiger partial charge on any atom is -0.493 e. The summed E-state index contributed by atoms with van der Waals surface area (Å²) < 4.78 is 28.6. The fourth-order valence-corrected chi connectivity index (χ4v) is 4.65. The highest BCUT2D eigenvalue weighted by atomic mass is 16.5. The molecular weight excluding hydrogens is 504 g/mol. The third-order valence-corrected chi connectivity index (χ3v) is 6.79. The van der Waals surface area contributed by atoms with Crippen LogP contribution in [0, 0.1) is 5.92 Å². The number of rotatable bonds is 11. The summed E-state index contributed by atoms with van der Waals surface area (Å²) in [6, 6.07) is 31.5. The van der Waals surface area contributed by atoms with Crippen molar-refractivity contribution < 1.29 is 28.5 Å². The molecule has 0 bridgehead atoms. The van der Waals surface area contributed by atoms with E-state index >= 15 is 0 Å². The molecule has 4 aromatic carbocycles. The second kappa shape index (κ2) is 12.9. The number of methoxy groups -OCH3 is 2. The molecule has 0 N–H and O–H groups in total. The Hall–Kier alpha value is -4.71. The van der Waals surface area contributed by atoms with Gasteiger partial charge in [-0.05, 0) is 59.0 Å². The second-order valence-corrected chi connectivity index (χ2v) is 9.54. The molecule has 0 aromatic heterocycles. The highest BCUT2D eigenvalue weighted by Gasteiger charge is 2.31. The van der Waals surface area contributed by atoms with Crippen LogP contribution >= 0.6 is 0 Å². The summed E-state index contributed by atoms with van der Waals surface area (Å²) in [6.45, 7) is 1.20. The van der Waals surface area contributed by atoms with Gasteiger partial charge in [0.1, 0.15) is 13.2 Å². The number of carbonyl (C=O) groups excluding carboxylic acids is 1. The van der Waals surface area contributed by atoms with Crippen LogP contribution in [0.25, 0.3) is 6.08 Å². The second-order valence-electron chi connectivity index (χ2n) is 9.54. The lowest BCUT2D eigenvalue weighted by Gasteiger charge is -2.14. The van der Waals surface area contributed by atoms with Gasteiger partial charge < -0.3 is 23.7 Å². The molecule has 0 amide bonds. The largest absolute Gasteiger partial charge is 0.493 e. The van der Waals surface area contributed by atoms with Gasteiger partial charge >= 0.3 is 5.97 Å². The lowest BCUT2D eigenvalue weighted by atomic mass is 9.92. The van der Waals surface area contributed by atoms with Gasteiger partial charge in [-0.1, -0.05) is 72.8 Å². The summed E-state index contributed by atoms with van der Waals surface area (Å²) >= 11 is 0. The summed E-state index contributed by atoms with van der Waals surface area (Å²) in [5.74, 6) is 2.17. The Morgan fingerprint density at radius 2 is 1.32 bits per heavy atom. The molecule has 1 heterocycles. The Bertz CT molecular complexity index is 1460. The molecule has 1 atom stereocenters. The van der Waals surface area contributed by atoms with Crippen molar-refractivity contribution >= 4 is 12.0 Å². The minimum absolute atomic E-state index is 0.0946. The summed E-state index contributed by atoms with van der Waals surface area (Å²) in [6.07, 6.45) is 2.50. The molecule has 1 saturated heterocycles. The van der Waals surface area contributed by atoms with E-state index in [0.29, 0.717) is 54.8 Å². The molecule has 6 nitrogen and oxygen atoms in total. The van der Waals surface area contributed by atoms with Gasteiger partial charge in [-0.2, -0.15) is 0 Å². The highest BCUT2D eigenvalue weighted by Crippen LogP contribution is 2.34. The Balaban J connectivity index is 1.31. The van der Waals surface area contributed by atoms with E-state index in [1.165, 1.54) is 0 Å². The van der Waals surface area contributed by atoms with Crippen molar-refractivity contribution in [2.75, 3.05) is 20.8 Å². The monoisotopic (exact) mass is 536 g/mol. The maximum Gasteiger partial charge on any atom is 0.334 e. The van der Waals surface area contributed by atoms with Gasteiger partial charge in [0.05, 0.1) is 20.8 Å². The summed E-state index contributed by atoms with van der Waals surface area (Å²) in [5, 5.41) is 0. The van der Waals surface area contributed by atoms with Crippen molar-refractivity contribution in [3.8, 4) is 23.0 Å². The van der Waals surface area contributed by atoms with Crippen LogP contribution < -0.4 is 18.9 Å². The molecule has 1 unspecified atom stereocenters. The number of ether oxygens (including phenoxy) is 5. The van der Waals surface area contributed by atoms with Crippen molar-refractivity contribution in [2.45, 2.75) is 19.6 Å². The van der Waals surface area contributed by atoms with Crippen LogP contribution in [0.3, 0.4) is 0 Å². The zero-order chi connectivity index (χ0) is 27.7. The van der Waals surface area contributed by atoms with Crippen molar-refractivity contribution in [2.24, 2.45) is 5.92 Å². The number of esters is 1. The number of benzene rings is 4. The quantitative estimate of drug-likeness (QED) is 0.158. The topological polar surface area (TPSA) is 63.2 Å². The zero-order valence-electron chi connectivity index (χ0n) is 22.7. The SMILES string of the molecule is COc1cc(/C=C2\C(=O)OCC2Cc2ccc(OC)c(OCc3ccccc3)c2)ccc1OCc1ccccc1. The third kappa shape index (κ3) is 6.64. The van der Waals surface area contributed by atoms with Crippen LogP contribution in [-0.2, 0) is 29.2 Å². The molecule has 1 aliphatic heterocycles. The van der Waals surface area contributed by atoms with Crippen LogP contribution in [0.15, 0.2) is 103 Å². The smallest absolute Gasteiger partial charge is 0.334 e. The van der Waals surface area contributed by atoms with Crippen molar-refractivity contribution in [3.63, 3.8) is 0 Å². The van der Waals surface area contributed by atoms with E-state index in [9.17, 15) is 4.79 Å². The molecule has 4 aromatic rings. The molecule has 5 rings (SSSR count). The standard InChI is InChI=1S/C34H32O6/c1-36-30-15-13-26(20-33(30)39-22-25-11-7-4-8-12-25)17-28-23-40-34(35)29(28)18-27-14-16-31(32(19-27)37-2)38-21-24-9-5-3-6-10-24/h3-16,18-20,28H,17,21-23H2,1-2H3/b29-18-. The molecule has 204 valence electrons. The van der Waals surface area contributed by atoms with E-state index in [1.54, 1.807) is 14.2 Å². The Morgan fingerprint density at radius 1 is 0.700 bits per heavy atom. The highest BCUT2D eigenvalue weighted by molar-refractivity contribution is 5.96. The average Bonchev–Trinajstić information content (AvgIpc) is 3.34. The van der Waals surface area contributed by atoms with Gasteiger partial charge in [0.25, 0.3) is 0 Å². The number of carbonyl (C=O) groups is 1. The molecule has 0 spiro atoms. The molecule has 0 radical (unpaired) electrons. The van der Waals surface area contributed by atoms with E-state index in [-0.39, 0.29) is 11.9 Å². The van der Waals surface area contributed by atoms with Crippen LogP contribution in [0.2, 0.25) is 0 Å². The molecule has 0 saturated carbocycles. The first-order valence-corrected chi connectivity index (χ1v) is 13.2. The van der Waals surface area contributed by atoms with Gasteiger partial charge in [0.15, 0.2) is 23.0 Å². The van der Waals surface area contributed by atoms with Crippen LogP contribution in [0.4, 0.5) is 0 Å². The van der Waals surface area contributed by atoms with Crippen molar-refractivity contribution in [1.29, 1.82) is 0 Å². The number of hydrogen-bond acceptors (Lipinski definition) is 6. The van der Waals surface area contributed by atoms with Crippen molar-refractivity contribution in [3.05, 3.63) is 125 Å². The maximum atomic E-state index is 12.7. The zero-order valence-corrected chi connectivity index (χ0v) is 22.7. The molecule has 40 heavy (non-hydrogen) atoms. The maximum absolute atomic E-state index is 12.7. The molecule has 0 aliphatic carbocycles. The Morgan fingerprint density at radius 3 is 1.98 bits per heavy atom. The van der Waals surface area contributed by atoms with E-state index < -0.39 is 0 Å². The van der Waals surface area contributed by atoms with Gasteiger partial charge in [-0.25, -0.2) is 4.79 Å². The molecule has 1 fully saturated rings. The lowest BCUT2D eigenvalue weighted by Crippen LogP contribution is -2.08. The van der Waals surface area contributed by atoms with E-state index in [0.717, 1.165) is 22.3 Å². The number of cyclic esters (lactones) is 1. The van der Waals surface area contributed by atoms with Gasteiger partial charge in [-0.15, -0.1) is 0 Å². The van der Waals surface area contributed by atoms with Crippen LogP contribution in [0.1, 0.15) is 22.3 Å². The Labute approximate surface area is 234 Å². The van der Waals surface area contributed by atoms with Gasteiger partial charge in [-0.3, -0.25) is 0 Å².